The normalized spacial score (nSPS) is 19.7. The lowest BCUT2D eigenvalue weighted by Crippen LogP contribution is -2.51. The van der Waals surface area contributed by atoms with Crippen LogP contribution in [0.4, 0.5) is 13.2 Å². The topological polar surface area (TPSA) is 88.6 Å². The minimum Gasteiger partial charge on any atom is -0.438 e. The second-order valence-electron chi connectivity index (χ2n) is 7.53. The van der Waals surface area contributed by atoms with Gasteiger partial charge >= 0.3 is 6.18 Å². The molecule has 2 unspecified atom stereocenters. The largest absolute Gasteiger partial charge is 0.438 e. The number of ether oxygens (including phenoxy) is 1. The molecule has 1 saturated heterocycles. The van der Waals surface area contributed by atoms with Crippen LogP contribution in [0.25, 0.3) is 0 Å². The zero-order valence-corrected chi connectivity index (χ0v) is 19.0. The van der Waals surface area contributed by atoms with Gasteiger partial charge in [0.05, 0.1) is 10.5 Å². The first-order chi connectivity index (χ1) is 15.4. The van der Waals surface area contributed by atoms with Gasteiger partial charge in [0, 0.05) is 25.3 Å². The van der Waals surface area contributed by atoms with Crippen LogP contribution in [0.1, 0.15) is 18.9 Å². The summed E-state index contributed by atoms with van der Waals surface area (Å²) in [6.45, 7) is 5.73. The quantitative estimate of drug-likeness (QED) is 0.595. The summed E-state index contributed by atoms with van der Waals surface area (Å²) in [6.07, 6.45) is -2.36. The van der Waals surface area contributed by atoms with E-state index in [4.69, 9.17) is 16.3 Å². The average Bonchev–Trinajstić information content (AvgIpc) is 2.76. The molecule has 1 aliphatic rings. The van der Waals surface area contributed by atoms with Crippen LogP contribution in [-0.4, -0.2) is 42.7 Å². The maximum atomic E-state index is 13.0. The number of amides is 1. The molecule has 1 fully saturated rings. The smallest absolute Gasteiger partial charge is 0.417 e. The van der Waals surface area contributed by atoms with E-state index in [1.807, 2.05) is 6.92 Å². The van der Waals surface area contributed by atoms with E-state index in [0.29, 0.717) is 18.7 Å². The SMILES string of the molecule is C=CC(=O)NC1CCN(S(=O)(=O)c2ccc(Oc3ncc(C(F)(F)F)cc3Cl)cc2)CC1C. The van der Waals surface area contributed by atoms with Gasteiger partial charge in [-0.25, -0.2) is 13.4 Å². The second kappa shape index (κ2) is 9.70. The summed E-state index contributed by atoms with van der Waals surface area (Å²) >= 11 is 5.84. The van der Waals surface area contributed by atoms with E-state index in [1.165, 1.54) is 34.6 Å². The Balaban J connectivity index is 1.69. The van der Waals surface area contributed by atoms with Gasteiger partial charge in [-0.2, -0.15) is 17.5 Å². The van der Waals surface area contributed by atoms with Crippen LogP contribution in [0.2, 0.25) is 5.02 Å². The van der Waals surface area contributed by atoms with Crippen molar-refractivity contribution in [3.8, 4) is 11.6 Å². The van der Waals surface area contributed by atoms with E-state index in [9.17, 15) is 26.4 Å². The van der Waals surface area contributed by atoms with E-state index in [0.717, 1.165) is 0 Å². The number of benzene rings is 1. The molecule has 1 amide bonds. The number of aromatic nitrogens is 1. The average molecular weight is 504 g/mol. The predicted octanol–water partition coefficient (Wildman–Crippen LogP) is 4.25. The number of pyridine rings is 1. The third-order valence-corrected chi connectivity index (χ3v) is 7.34. The van der Waals surface area contributed by atoms with Crippen molar-refractivity contribution < 1.29 is 31.1 Å². The molecule has 12 heteroatoms. The number of carbonyl (C=O) groups excluding carboxylic acids is 1. The van der Waals surface area contributed by atoms with Crippen LogP contribution in [0.5, 0.6) is 11.6 Å². The first kappa shape index (κ1) is 25.0. The summed E-state index contributed by atoms with van der Waals surface area (Å²) in [5.41, 5.74) is -1.01. The first-order valence-electron chi connectivity index (χ1n) is 9.85. The molecule has 178 valence electrons. The van der Waals surface area contributed by atoms with E-state index in [2.05, 4.69) is 16.9 Å². The maximum Gasteiger partial charge on any atom is 0.417 e. The molecular weight excluding hydrogens is 483 g/mol. The van der Waals surface area contributed by atoms with Crippen molar-refractivity contribution in [1.29, 1.82) is 0 Å². The number of hydrogen-bond acceptors (Lipinski definition) is 5. The zero-order valence-electron chi connectivity index (χ0n) is 17.5. The lowest BCUT2D eigenvalue weighted by molar-refractivity contribution is -0.137. The summed E-state index contributed by atoms with van der Waals surface area (Å²) in [5, 5.41) is 2.47. The Morgan fingerprint density at radius 2 is 2.00 bits per heavy atom. The van der Waals surface area contributed by atoms with Gasteiger partial charge in [0.25, 0.3) is 0 Å². The first-order valence-corrected chi connectivity index (χ1v) is 11.7. The van der Waals surface area contributed by atoms with Gasteiger partial charge in [0.1, 0.15) is 10.8 Å². The molecule has 1 aliphatic heterocycles. The highest BCUT2D eigenvalue weighted by Gasteiger charge is 2.34. The highest BCUT2D eigenvalue weighted by atomic mass is 35.5. The van der Waals surface area contributed by atoms with Gasteiger partial charge in [0.15, 0.2) is 0 Å². The summed E-state index contributed by atoms with van der Waals surface area (Å²) in [5.74, 6) is -0.491. The lowest BCUT2D eigenvalue weighted by atomic mass is 9.95. The van der Waals surface area contributed by atoms with Crippen LogP contribution in [-0.2, 0) is 21.0 Å². The summed E-state index contributed by atoms with van der Waals surface area (Å²) in [4.78, 5) is 15.2. The number of sulfonamides is 1. The third-order valence-electron chi connectivity index (χ3n) is 5.19. The van der Waals surface area contributed by atoms with E-state index < -0.39 is 21.8 Å². The molecule has 0 aliphatic carbocycles. The highest BCUT2D eigenvalue weighted by Crippen LogP contribution is 2.35. The molecule has 2 atom stereocenters. The predicted molar refractivity (Wildman–Crippen MR) is 115 cm³/mol. The summed E-state index contributed by atoms with van der Waals surface area (Å²) in [6, 6.07) is 5.94. The number of rotatable bonds is 6. The summed E-state index contributed by atoms with van der Waals surface area (Å²) in [7, 11) is -3.79. The van der Waals surface area contributed by atoms with Crippen molar-refractivity contribution in [2.45, 2.75) is 30.5 Å². The molecule has 0 saturated carbocycles. The van der Waals surface area contributed by atoms with Crippen molar-refractivity contribution in [3.05, 3.63) is 59.8 Å². The second-order valence-corrected chi connectivity index (χ2v) is 9.88. The molecule has 2 aromatic rings. The number of nitrogens with one attached hydrogen (secondary N) is 1. The van der Waals surface area contributed by atoms with Gasteiger partial charge in [-0.3, -0.25) is 4.79 Å². The molecule has 2 heterocycles. The molecule has 0 spiro atoms. The molecule has 1 aromatic carbocycles. The van der Waals surface area contributed by atoms with Gasteiger partial charge in [-0.05, 0) is 48.7 Å². The zero-order chi connectivity index (χ0) is 24.4. The maximum absolute atomic E-state index is 13.0. The minimum atomic E-state index is -4.59. The van der Waals surface area contributed by atoms with Crippen LogP contribution in [0.3, 0.4) is 0 Å². The Kier molecular flexibility index (Phi) is 7.35. The Hall–Kier alpha value is -2.63. The molecule has 3 rings (SSSR count). The van der Waals surface area contributed by atoms with Crippen LogP contribution < -0.4 is 10.1 Å². The Morgan fingerprint density at radius 1 is 1.33 bits per heavy atom. The van der Waals surface area contributed by atoms with Crippen molar-refractivity contribution in [2.24, 2.45) is 5.92 Å². The molecule has 0 radical (unpaired) electrons. The summed E-state index contributed by atoms with van der Waals surface area (Å²) < 4.78 is 71.0. The van der Waals surface area contributed by atoms with Crippen molar-refractivity contribution in [2.75, 3.05) is 13.1 Å². The molecule has 33 heavy (non-hydrogen) atoms. The fraction of sp³-hybridized carbons (Fsp3) is 0.333. The van der Waals surface area contributed by atoms with Crippen LogP contribution in [0, 0.1) is 5.92 Å². The number of piperidine rings is 1. The fourth-order valence-corrected chi connectivity index (χ4v) is 5.14. The van der Waals surface area contributed by atoms with Crippen LogP contribution >= 0.6 is 11.6 Å². The molecule has 7 nitrogen and oxygen atoms in total. The van der Waals surface area contributed by atoms with E-state index in [-0.39, 0.29) is 52.5 Å². The number of halogens is 4. The van der Waals surface area contributed by atoms with E-state index in [1.54, 1.807) is 0 Å². The molecular formula is C21H21ClF3N3O4S. The Labute approximate surface area is 194 Å². The highest BCUT2D eigenvalue weighted by molar-refractivity contribution is 7.89. The van der Waals surface area contributed by atoms with Gasteiger partial charge < -0.3 is 10.1 Å². The number of hydrogen-bond donors (Lipinski definition) is 1. The van der Waals surface area contributed by atoms with Crippen molar-refractivity contribution in [1.82, 2.24) is 14.6 Å². The fourth-order valence-electron chi connectivity index (χ4n) is 3.38. The minimum absolute atomic E-state index is 0.0297. The van der Waals surface area contributed by atoms with Crippen molar-refractivity contribution >= 4 is 27.5 Å². The van der Waals surface area contributed by atoms with Crippen molar-refractivity contribution in [3.63, 3.8) is 0 Å². The third kappa shape index (κ3) is 5.84. The monoisotopic (exact) mass is 503 g/mol. The lowest BCUT2D eigenvalue weighted by Gasteiger charge is -2.36. The number of alkyl halides is 3. The van der Waals surface area contributed by atoms with Gasteiger partial charge in [-0.15, -0.1) is 0 Å². The Bertz CT molecular complexity index is 1140. The standard InChI is InChI=1S/C21H21ClF3N3O4S/c1-3-19(29)27-18-8-9-28(12-13(18)2)33(30,31)16-6-4-15(5-7-16)32-20-17(22)10-14(11-26-20)21(23,24)25/h3-7,10-11,13,18H,1,8-9,12H2,2H3,(H,27,29). The molecule has 1 N–H and O–H groups in total. The molecule has 1 aromatic heterocycles. The van der Waals surface area contributed by atoms with E-state index >= 15 is 0 Å². The van der Waals surface area contributed by atoms with Gasteiger partial charge in [0.2, 0.25) is 21.8 Å². The number of carbonyl (C=O) groups is 1. The van der Waals surface area contributed by atoms with Gasteiger partial charge in [-0.1, -0.05) is 25.1 Å². The number of nitrogens with zero attached hydrogens (tertiary/aromatic N) is 2. The molecule has 0 bridgehead atoms. The van der Waals surface area contributed by atoms with Crippen LogP contribution in [0.15, 0.2) is 54.1 Å². The Morgan fingerprint density at radius 3 is 2.55 bits per heavy atom.